The summed E-state index contributed by atoms with van der Waals surface area (Å²) in [5.74, 6) is -6.39. The number of amides is 11. The number of aromatic amines is 2. The summed E-state index contributed by atoms with van der Waals surface area (Å²) in [6.07, 6.45) is 6.81. The van der Waals surface area contributed by atoms with E-state index < -0.39 is 126 Å². The third-order valence-corrected chi connectivity index (χ3v) is 16.8. The molecular weight excluding hydrogens is 1170 g/mol. The van der Waals surface area contributed by atoms with E-state index >= 15 is 14.0 Å². The number of carbonyl (C=O) groups is 9. The van der Waals surface area contributed by atoms with Crippen LogP contribution in [0.4, 0.5) is 22.8 Å². The Hall–Kier alpha value is -9.52. The van der Waals surface area contributed by atoms with Crippen molar-refractivity contribution in [1.29, 1.82) is 0 Å². The van der Waals surface area contributed by atoms with Crippen molar-refractivity contribution in [2.75, 3.05) is 26.7 Å². The zero-order valence-electron chi connectivity index (χ0n) is 50.1. The molecule has 4 aliphatic heterocycles. The summed E-state index contributed by atoms with van der Waals surface area (Å²) in [5, 5.41) is 18.6. The average molecular weight is 1240 g/mol. The Balaban J connectivity index is 1.04. The first-order valence-corrected chi connectivity index (χ1v) is 30.2. The molecule has 2 aromatic heterocycles. The highest BCUT2D eigenvalue weighted by Gasteiger charge is 2.48. The van der Waals surface area contributed by atoms with Crippen LogP contribution in [0.5, 0.6) is 5.75 Å². The van der Waals surface area contributed by atoms with E-state index in [1.807, 2.05) is 36.4 Å². The first kappa shape index (κ1) is 64.9. The number of allylic oxidation sites excluding steroid dienone is 2. The van der Waals surface area contributed by atoms with Crippen LogP contribution < -0.4 is 47.7 Å². The van der Waals surface area contributed by atoms with Crippen molar-refractivity contribution in [3.05, 3.63) is 149 Å². The first-order chi connectivity index (χ1) is 43.3. The Morgan fingerprint density at radius 1 is 0.656 bits per heavy atom. The molecule has 11 N–H and O–H groups in total. The second-order valence-corrected chi connectivity index (χ2v) is 23.2. The number of nitrogens with zero attached hydrogens (tertiary/aromatic N) is 2. The summed E-state index contributed by atoms with van der Waals surface area (Å²) < 4.78 is 50.9. The number of rotatable bonds is 11. The lowest BCUT2D eigenvalue weighted by atomic mass is 9.95. The molecule has 0 unspecified atom stereocenters. The minimum Gasteiger partial charge on any atom is -0.497 e. The molecule has 0 radical (unpaired) electrons. The van der Waals surface area contributed by atoms with Crippen molar-refractivity contribution in [2.45, 2.75) is 139 Å². The highest BCUT2D eigenvalue weighted by molar-refractivity contribution is 6.03. The molecule has 7 atom stereocenters. The Bertz CT molecular complexity index is 3650. The van der Waals surface area contributed by atoms with Crippen LogP contribution in [0, 0.1) is 11.6 Å². The third-order valence-electron chi connectivity index (χ3n) is 16.8. The van der Waals surface area contributed by atoms with Gasteiger partial charge in [-0.3, -0.25) is 44.2 Å². The Labute approximate surface area is 517 Å². The fraction of sp³-hybridized carbons (Fsp3) is 0.400. The summed E-state index contributed by atoms with van der Waals surface area (Å²) in [5.41, 5.74) is 8.27. The topological polar surface area (TPSA) is 311 Å². The Morgan fingerprint density at radius 3 is 1.93 bits per heavy atom. The highest BCUT2D eigenvalue weighted by Crippen LogP contribution is 2.32. The fourth-order valence-corrected chi connectivity index (χ4v) is 11.9. The summed E-state index contributed by atoms with van der Waals surface area (Å²) in [6.45, 7) is 1.54. The average Bonchev–Trinajstić information content (AvgIpc) is 1.66. The summed E-state index contributed by atoms with van der Waals surface area (Å²) in [4.78, 5) is 138. The minimum atomic E-state index is -1.83. The van der Waals surface area contributed by atoms with Gasteiger partial charge in [0.2, 0.25) is 29.5 Å². The van der Waals surface area contributed by atoms with E-state index in [1.54, 1.807) is 31.2 Å². The van der Waals surface area contributed by atoms with Crippen LogP contribution in [-0.2, 0) is 65.8 Å². The molecule has 6 heterocycles. The second kappa shape index (κ2) is 29.7. The summed E-state index contributed by atoms with van der Waals surface area (Å²) in [7, 11) is 1.49. The lowest BCUT2D eigenvalue weighted by molar-refractivity contribution is -0.145. The van der Waals surface area contributed by atoms with Crippen molar-refractivity contribution in [3.63, 3.8) is 0 Å². The van der Waals surface area contributed by atoms with Crippen molar-refractivity contribution in [3.8, 4) is 5.75 Å². The second-order valence-electron chi connectivity index (χ2n) is 23.2. The van der Waals surface area contributed by atoms with Crippen LogP contribution in [0.25, 0.3) is 21.8 Å². The van der Waals surface area contributed by atoms with Crippen LogP contribution in [0.2, 0.25) is 0 Å². The number of carbonyl (C=O) groups excluding carboxylic acids is 9. The normalized spacial score (nSPS) is 23.8. The van der Waals surface area contributed by atoms with E-state index in [1.165, 1.54) is 60.8 Å². The largest absolute Gasteiger partial charge is 0.497 e. The van der Waals surface area contributed by atoms with Gasteiger partial charge in [0.1, 0.15) is 59.3 Å². The van der Waals surface area contributed by atoms with E-state index in [2.05, 4.69) is 47.2 Å². The van der Waals surface area contributed by atoms with Gasteiger partial charge in [0.15, 0.2) is 0 Å². The number of nitrogens with one attached hydrogen (secondary N) is 9. The zero-order valence-corrected chi connectivity index (χ0v) is 50.1. The Morgan fingerprint density at radius 2 is 1.28 bits per heavy atom. The number of ether oxygens (including phenoxy) is 1. The van der Waals surface area contributed by atoms with Crippen LogP contribution in [0.15, 0.2) is 109 Å². The number of urea groups is 2. The van der Waals surface area contributed by atoms with E-state index in [0.717, 1.165) is 16.0 Å². The molecule has 2 bridgehead atoms. The van der Waals surface area contributed by atoms with E-state index in [-0.39, 0.29) is 38.8 Å². The number of alkyl halides is 1. The van der Waals surface area contributed by atoms with Crippen LogP contribution >= 0.6 is 0 Å². The standard InChI is InChI=1S/C65H75F3N12O10/c1-65-25-9-27-80(65)61(86)53(28-39-17-21-46(90-2)22-18-39)76-64(89)78-59(84)55-33-45(68)37-79(55)60(85)54(30-42-36-71-50-24-20-44(67)32-48(42)50)74-58(83)52(29-41-35-70-49-23-19-43(66)31-47(41)49)75-63(88)77-57(82)51(11-7-8-26-69)73-56(81)12-6-4-3-5-10-38-13-15-40(16-14-38)34-72-62(65)87/h3,5,13-24,31-32,35-36,45,51-55,70-71H,4,6-12,25-30,33-34,37,69H2,1-2H3,(H,72,87)(H,73,81)(H,74,83)(H2,75,77,82,88)(H2,76,78,84,89)/b5-3-/t45-,51-,52+,53+,54+,55-,65-/m0/s1. The van der Waals surface area contributed by atoms with Crippen LogP contribution in [0.3, 0.4) is 0 Å². The predicted molar refractivity (Wildman–Crippen MR) is 328 cm³/mol. The summed E-state index contributed by atoms with van der Waals surface area (Å²) >= 11 is 0. The first-order valence-electron chi connectivity index (χ1n) is 30.2. The summed E-state index contributed by atoms with van der Waals surface area (Å²) in [6, 6.07) is 12.0. The van der Waals surface area contributed by atoms with E-state index in [0.29, 0.717) is 95.7 Å². The number of fused-ring (bicyclic) bond motifs is 27. The molecule has 25 heteroatoms. The van der Waals surface area contributed by atoms with Gasteiger partial charge >= 0.3 is 12.1 Å². The monoisotopic (exact) mass is 1240 g/mol. The minimum absolute atomic E-state index is 0.0392. The van der Waals surface area contributed by atoms with Gasteiger partial charge in [-0.25, -0.2) is 22.8 Å². The molecule has 6 aromatic rings. The van der Waals surface area contributed by atoms with E-state index in [9.17, 15) is 42.3 Å². The molecule has 0 aliphatic carbocycles. The van der Waals surface area contributed by atoms with Crippen molar-refractivity contribution in [2.24, 2.45) is 5.73 Å². The van der Waals surface area contributed by atoms with Gasteiger partial charge in [-0.15, -0.1) is 0 Å². The van der Waals surface area contributed by atoms with Crippen molar-refractivity contribution >= 4 is 75.2 Å². The molecule has 4 aromatic carbocycles. The van der Waals surface area contributed by atoms with E-state index in [4.69, 9.17) is 10.5 Å². The smallest absolute Gasteiger partial charge is 0.322 e. The number of hydrogen-bond donors (Lipinski definition) is 10. The molecule has 2 saturated heterocycles. The van der Waals surface area contributed by atoms with Gasteiger partial charge in [-0.1, -0.05) is 48.6 Å². The number of benzene rings is 4. The van der Waals surface area contributed by atoms with Gasteiger partial charge in [0.25, 0.3) is 11.8 Å². The molecule has 11 amide bonds. The quantitative estimate of drug-likeness (QED) is 0.0581. The molecule has 2 fully saturated rings. The highest BCUT2D eigenvalue weighted by atomic mass is 19.1. The number of halogens is 3. The lowest BCUT2D eigenvalue weighted by Gasteiger charge is -2.36. The number of hydrogen-bond acceptors (Lipinski definition) is 11. The SMILES string of the molecule is COc1ccc(C[C@H]2NC(=O)NC(=O)[C@@H]3C[C@H](F)CN3C(=O)[C@@H](Cc3c[nH]c4ccc(F)cc34)NC(=O)[C@@H](Cc3c[nH]c4ccc(F)cc34)NC(=O)NC(=O)[C@H](CCCCN)NC(=O)CCC/C=C\Cc3ccc(cc3)CNC(=O)[C@]3(C)CCCN3C2=O)cc1. The fourth-order valence-electron chi connectivity index (χ4n) is 11.9. The van der Waals surface area contributed by atoms with Crippen molar-refractivity contribution < 1.29 is 61.1 Å². The number of imide groups is 2. The molecule has 0 saturated carbocycles. The maximum absolute atomic E-state index is 15.9. The lowest BCUT2D eigenvalue weighted by Crippen LogP contribution is -2.61. The number of H-pyrrole nitrogens is 2. The zero-order chi connectivity index (χ0) is 64.1. The van der Waals surface area contributed by atoms with Gasteiger partial charge < -0.3 is 56.8 Å². The molecule has 10 rings (SSSR count). The van der Waals surface area contributed by atoms with Gasteiger partial charge in [0.05, 0.1) is 13.7 Å². The number of methoxy groups -OCH3 is 1. The van der Waals surface area contributed by atoms with Crippen molar-refractivity contribution in [1.82, 2.24) is 57.0 Å². The van der Waals surface area contributed by atoms with Crippen LogP contribution in [-0.4, -0.2) is 142 Å². The van der Waals surface area contributed by atoms with Gasteiger partial charge in [-0.2, -0.15) is 0 Å². The number of unbranched alkanes of at least 4 members (excludes halogenated alkanes) is 1. The molecule has 0 spiro atoms. The Kier molecular flexibility index (Phi) is 21.4. The maximum atomic E-state index is 15.9. The molecule has 476 valence electrons. The molecule has 22 nitrogen and oxygen atoms in total. The van der Waals surface area contributed by atoms with Gasteiger partial charge in [0, 0.05) is 79.4 Å². The number of aromatic nitrogens is 2. The predicted octanol–water partition coefficient (Wildman–Crippen LogP) is 5.37. The molecule has 90 heavy (non-hydrogen) atoms. The number of nitrogens with two attached hydrogens (primary N) is 1. The molecular formula is C65H75F3N12O10. The maximum Gasteiger partial charge on any atom is 0.322 e. The van der Waals surface area contributed by atoms with Crippen LogP contribution in [0.1, 0.15) is 92.5 Å². The third kappa shape index (κ3) is 16.2. The molecule has 4 aliphatic rings. The van der Waals surface area contributed by atoms with Gasteiger partial charge in [-0.05, 0) is 141 Å².